The molecule has 9 nitrogen and oxygen atoms in total. The van der Waals surface area contributed by atoms with Crippen LogP contribution in [0.4, 0.5) is 16.2 Å². The molecule has 0 atom stereocenters. The summed E-state index contributed by atoms with van der Waals surface area (Å²) in [6.45, 7) is 0.283. The number of hydrogen-bond acceptors (Lipinski definition) is 6. The fraction of sp³-hybridized carbons (Fsp3) is 0.0417. The van der Waals surface area contributed by atoms with Crippen molar-refractivity contribution in [3.8, 4) is 5.75 Å². The van der Waals surface area contributed by atoms with Gasteiger partial charge >= 0.3 is 6.03 Å². The normalized spacial score (nSPS) is 14.8. The molecule has 4 rings (SSSR count). The summed E-state index contributed by atoms with van der Waals surface area (Å²) < 4.78 is 5.77. The summed E-state index contributed by atoms with van der Waals surface area (Å²) in [5, 5.41) is 13.8. The second-order valence-electron chi connectivity index (χ2n) is 7.22. The number of carbonyl (C=O) groups is 3. The molecular weight excluding hydrogens is 462 g/mol. The Morgan fingerprint density at radius 1 is 1.00 bits per heavy atom. The lowest BCUT2D eigenvalue weighted by molar-refractivity contribution is -0.384. The third kappa shape index (κ3) is 4.94. The summed E-state index contributed by atoms with van der Waals surface area (Å²) >= 11 is 5.88. The molecule has 0 saturated carbocycles. The summed E-state index contributed by atoms with van der Waals surface area (Å²) in [6.07, 6.45) is 1.32. The number of imide groups is 2. The average molecular weight is 478 g/mol. The number of halogens is 1. The maximum atomic E-state index is 13.0. The number of anilines is 1. The molecule has 0 spiro atoms. The van der Waals surface area contributed by atoms with Gasteiger partial charge in [0.05, 0.1) is 10.6 Å². The summed E-state index contributed by atoms with van der Waals surface area (Å²) in [5.41, 5.74) is 0.753. The van der Waals surface area contributed by atoms with E-state index in [2.05, 4.69) is 5.32 Å². The minimum Gasteiger partial charge on any atom is -0.489 e. The number of urea groups is 1. The molecule has 1 aliphatic heterocycles. The largest absolute Gasteiger partial charge is 0.489 e. The number of nitrogens with zero attached hydrogens (tertiary/aromatic N) is 2. The van der Waals surface area contributed by atoms with Crippen molar-refractivity contribution in [1.29, 1.82) is 0 Å². The Morgan fingerprint density at radius 3 is 2.47 bits per heavy atom. The number of ether oxygens (including phenoxy) is 1. The van der Waals surface area contributed by atoms with Gasteiger partial charge in [-0.05, 0) is 47.5 Å². The molecule has 0 aromatic heterocycles. The highest BCUT2D eigenvalue weighted by Crippen LogP contribution is 2.26. The molecule has 0 aliphatic carbocycles. The van der Waals surface area contributed by atoms with Gasteiger partial charge in [-0.2, -0.15) is 0 Å². The fourth-order valence-corrected chi connectivity index (χ4v) is 3.37. The van der Waals surface area contributed by atoms with Crippen molar-refractivity contribution in [2.75, 3.05) is 4.90 Å². The lowest BCUT2D eigenvalue weighted by Gasteiger charge is -2.26. The molecule has 1 N–H and O–H groups in total. The molecule has 3 aromatic carbocycles. The van der Waals surface area contributed by atoms with E-state index in [1.807, 2.05) is 12.1 Å². The molecule has 1 aliphatic rings. The Morgan fingerprint density at radius 2 is 1.74 bits per heavy atom. The van der Waals surface area contributed by atoms with Crippen LogP contribution in [0.1, 0.15) is 11.1 Å². The Kier molecular flexibility index (Phi) is 6.37. The number of hydrogen-bond donors (Lipinski definition) is 1. The molecule has 4 amide bonds. The standard InChI is InChI=1S/C24H16ClN3O6/c25-17-9-7-15(8-10-17)14-34-20-6-1-3-16(11-20)12-21-22(29)26-24(31)27(23(21)30)18-4-2-5-19(13-18)28(32)33/h1-13H,14H2,(H,26,29,31)/b21-12-. The molecule has 10 heteroatoms. The van der Waals surface area contributed by atoms with Gasteiger partial charge in [0.25, 0.3) is 17.5 Å². The second-order valence-corrected chi connectivity index (χ2v) is 7.66. The van der Waals surface area contributed by atoms with Gasteiger partial charge in [0, 0.05) is 17.2 Å². The molecule has 170 valence electrons. The van der Waals surface area contributed by atoms with Crippen LogP contribution in [0.2, 0.25) is 5.02 Å². The maximum Gasteiger partial charge on any atom is 0.335 e. The molecule has 1 fully saturated rings. The van der Waals surface area contributed by atoms with Crippen molar-refractivity contribution in [2.45, 2.75) is 6.61 Å². The van der Waals surface area contributed by atoms with Gasteiger partial charge in [0.1, 0.15) is 17.9 Å². The lowest BCUT2D eigenvalue weighted by Crippen LogP contribution is -2.54. The Bertz CT molecular complexity index is 1340. The molecule has 0 radical (unpaired) electrons. The first-order chi connectivity index (χ1) is 16.3. The van der Waals surface area contributed by atoms with E-state index in [1.54, 1.807) is 36.4 Å². The van der Waals surface area contributed by atoms with E-state index in [9.17, 15) is 24.5 Å². The first kappa shape index (κ1) is 22.7. The van der Waals surface area contributed by atoms with Crippen LogP contribution in [0.15, 0.2) is 78.4 Å². The number of barbiturate groups is 1. The molecule has 1 saturated heterocycles. The lowest BCUT2D eigenvalue weighted by atomic mass is 10.1. The van der Waals surface area contributed by atoms with Gasteiger partial charge in [0.15, 0.2) is 0 Å². The van der Waals surface area contributed by atoms with E-state index in [0.29, 0.717) is 21.2 Å². The third-order valence-corrected chi connectivity index (χ3v) is 5.14. The van der Waals surface area contributed by atoms with Crippen molar-refractivity contribution in [1.82, 2.24) is 5.32 Å². The SMILES string of the molecule is O=C1NC(=O)N(c2cccc([N+](=O)[O-])c2)C(=O)/C1=C\c1cccc(OCc2ccc(Cl)cc2)c1. The average Bonchev–Trinajstić information content (AvgIpc) is 2.82. The quantitative estimate of drug-likeness (QED) is 0.242. The molecular formula is C24H16ClN3O6. The van der Waals surface area contributed by atoms with Crippen LogP contribution < -0.4 is 15.0 Å². The highest BCUT2D eigenvalue weighted by atomic mass is 35.5. The Labute approximate surface area is 198 Å². The number of non-ortho nitro benzene ring substituents is 1. The number of nitro groups is 1. The van der Waals surface area contributed by atoms with Crippen LogP contribution in [-0.2, 0) is 16.2 Å². The first-order valence-corrected chi connectivity index (χ1v) is 10.3. The summed E-state index contributed by atoms with van der Waals surface area (Å²) in [4.78, 5) is 48.9. The topological polar surface area (TPSA) is 119 Å². The second kappa shape index (κ2) is 9.55. The van der Waals surface area contributed by atoms with Crippen molar-refractivity contribution in [3.63, 3.8) is 0 Å². The summed E-state index contributed by atoms with van der Waals surface area (Å²) in [7, 11) is 0. The Hall–Kier alpha value is -4.50. The monoisotopic (exact) mass is 477 g/mol. The minimum atomic E-state index is -0.993. The maximum absolute atomic E-state index is 13.0. The van der Waals surface area contributed by atoms with Crippen LogP contribution in [-0.4, -0.2) is 22.8 Å². The Balaban J connectivity index is 1.58. The summed E-state index contributed by atoms with van der Waals surface area (Å²) in [5.74, 6) is -1.27. The third-order valence-electron chi connectivity index (χ3n) is 4.89. The van der Waals surface area contributed by atoms with Crippen molar-refractivity contribution in [3.05, 3.63) is 105 Å². The zero-order valence-corrected chi connectivity index (χ0v) is 18.2. The van der Waals surface area contributed by atoms with Crippen LogP contribution in [0, 0.1) is 10.1 Å². The van der Waals surface area contributed by atoms with Crippen LogP contribution in [0.3, 0.4) is 0 Å². The van der Waals surface area contributed by atoms with Gasteiger partial charge in [-0.1, -0.05) is 41.9 Å². The number of rotatable bonds is 6. The number of nitrogens with one attached hydrogen (secondary N) is 1. The number of benzene rings is 3. The highest BCUT2D eigenvalue weighted by molar-refractivity contribution is 6.39. The van der Waals surface area contributed by atoms with Crippen LogP contribution >= 0.6 is 11.6 Å². The molecule has 0 bridgehead atoms. The van der Waals surface area contributed by atoms with Gasteiger partial charge < -0.3 is 4.74 Å². The minimum absolute atomic E-state index is 0.0323. The zero-order valence-electron chi connectivity index (χ0n) is 17.4. The smallest absolute Gasteiger partial charge is 0.335 e. The predicted octanol–water partition coefficient (Wildman–Crippen LogP) is 4.49. The fourth-order valence-electron chi connectivity index (χ4n) is 3.25. The van der Waals surface area contributed by atoms with Crippen LogP contribution in [0.25, 0.3) is 6.08 Å². The molecule has 34 heavy (non-hydrogen) atoms. The van der Waals surface area contributed by atoms with E-state index in [0.717, 1.165) is 11.6 Å². The van der Waals surface area contributed by atoms with Crippen LogP contribution in [0.5, 0.6) is 5.75 Å². The first-order valence-electron chi connectivity index (χ1n) is 9.95. The summed E-state index contributed by atoms with van der Waals surface area (Å²) in [6, 6.07) is 17.9. The highest BCUT2D eigenvalue weighted by Gasteiger charge is 2.37. The molecule has 0 unspecified atom stereocenters. The molecule has 1 heterocycles. The number of amides is 4. The van der Waals surface area contributed by atoms with E-state index >= 15 is 0 Å². The molecule has 3 aromatic rings. The van der Waals surface area contributed by atoms with Crippen molar-refractivity contribution >= 4 is 46.9 Å². The van der Waals surface area contributed by atoms with E-state index in [4.69, 9.17) is 16.3 Å². The zero-order chi connectivity index (χ0) is 24.2. The van der Waals surface area contributed by atoms with E-state index in [-0.39, 0.29) is 23.6 Å². The van der Waals surface area contributed by atoms with Gasteiger partial charge in [-0.25, -0.2) is 9.69 Å². The van der Waals surface area contributed by atoms with Gasteiger partial charge in [-0.3, -0.25) is 25.0 Å². The number of carbonyl (C=O) groups excluding carboxylic acids is 3. The van der Waals surface area contributed by atoms with Gasteiger partial charge in [-0.15, -0.1) is 0 Å². The van der Waals surface area contributed by atoms with Gasteiger partial charge in [0.2, 0.25) is 0 Å². The van der Waals surface area contributed by atoms with Crippen molar-refractivity contribution < 1.29 is 24.0 Å². The van der Waals surface area contributed by atoms with E-state index < -0.39 is 22.8 Å². The predicted molar refractivity (Wildman–Crippen MR) is 124 cm³/mol. The number of nitro benzene ring substituents is 1. The van der Waals surface area contributed by atoms with E-state index in [1.165, 1.54) is 24.3 Å². The van der Waals surface area contributed by atoms with Crippen molar-refractivity contribution in [2.24, 2.45) is 0 Å².